The Bertz CT molecular complexity index is 155. The number of carbonyl (C=O) groups is 1. The van der Waals surface area contributed by atoms with Gasteiger partial charge in [-0.15, -0.1) is 0 Å². The van der Waals surface area contributed by atoms with Gasteiger partial charge in [0, 0.05) is 6.42 Å². The molecule has 1 saturated carbocycles. The third-order valence-electron chi connectivity index (χ3n) is 2.77. The van der Waals surface area contributed by atoms with Gasteiger partial charge in [-0.2, -0.15) is 0 Å². The van der Waals surface area contributed by atoms with Crippen LogP contribution in [0.5, 0.6) is 0 Å². The lowest BCUT2D eigenvalue weighted by Gasteiger charge is -2.23. The monoisotopic (exact) mass is 170 g/mol. The molecule has 12 heavy (non-hydrogen) atoms. The molecule has 2 heteroatoms. The molecule has 0 spiro atoms. The first-order valence-corrected chi connectivity index (χ1v) is 4.95. The highest BCUT2D eigenvalue weighted by Crippen LogP contribution is 2.28. The molecule has 2 nitrogen and oxygen atoms in total. The van der Waals surface area contributed by atoms with Gasteiger partial charge in [0.1, 0.15) is 5.60 Å². The number of hydrogen-bond donors (Lipinski definition) is 1. The van der Waals surface area contributed by atoms with Crippen LogP contribution < -0.4 is 0 Å². The molecule has 0 unspecified atom stereocenters. The number of aliphatic hydroxyl groups is 1. The van der Waals surface area contributed by atoms with Crippen LogP contribution in [0.15, 0.2) is 0 Å². The van der Waals surface area contributed by atoms with Crippen LogP contribution >= 0.6 is 0 Å². The molecule has 1 aliphatic carbocycles. The van der Waals surface area contributed by atoms with Gasteiger partial charge in [-0.25, -0.2) is 0 Å². The molecule has 0 radical (unpaired) electrons. The first-order valence-electron chi connectivity index (χ1n) is 4.95. The maximum Gasteiger partial charge on any atom is 0.164 e. The molecular formula is C10H18O2. The first kappa shape index (κ1) is 9.72. The van der Waals surface area contributed by atoms with Gasteiger partial charge in [0.15, 0.2) is 5.78 Å². The van der Waals surface area contributed by atoms with Crippen LogP contribution in [0.3, 0.4) is 0 Å². The zero-order valence-electron chi connectivity index (χ0n) is 7.81. The smallest absolute Gasteiger partial charge is 0.164 e. The van der Waals surface area contributed by atoms with Crippen LogP contribution in [0.4, 0.5) is 0 Å². The van der Waals surface area contributed by atoms with Gasteiger partial charge in [0.25, 0.3) is 0 Å². The molecule has 0 saturated heterocycles. The summed E-state index contributed by atoms with van der Waals surface area (Å²) < 4.78 is 0. The highest BCUT2D eigenvalue weighted by molar-refractivity contribution is 5.86. The molecule has 0 aromatic carbocycles. The van der Waals surface area contributed by atoms with E-state index in [1.54, 1.807) is 0 Å². The van der Waals surface area contributed by atoms with Crippen molar-refractivity contribution in [2.45, 2.75) is 57.5 Å². The topological polar surface area (TPSA) is 37.3 Å². The minimum absolute atomic E-state index is 0.0319. The van der Waals surface area contributed by atoms with E-state index >= 15 is 0 Å². The van der Waals surface area contributed by atoms with Gasteiger partial charge < -0.3 is 5.11 Å². The van der Waals surface area contributed by atoms with E-state index in [2.05, 4.69) is 0 Å². The summed E-state index contributed by atoms with van der Waals surface area (Å²) in [7, 11) is 0. The summed E-state index contributed by atoms with van der Waals surface area (Å²) in [6.45, 7) is 1.82. The summed E-state index contributed by atoms with van der Waals surface area (Å²) in [5.74, 6) is 0.0319. The third-order valence-corrected chi connectivity index (χ3v) is 2.77. The van der Waals surface area contributed by atoms with Crippen molar-refractivity contribution in [2.75, 3.05) is 0 Å². The average molecular weight is 170 g/mol. The Hall–Kier alpha value is -0.370. The second kappa shape index (κ2) is 4.04. The number of ketones is 1. The second-order valence-corrected chi connectivity index (χ2v) is 3.72. The summed E-state index contributed by atoms with van der Waals surface area (Å²) >= 11 is 0. The predicted molar refractivity (Wildman–Crippen MR) is 47.9 cm³/mol. The highest BCUT2D eigenvalue weighted by Gasteiger charge is 2.34. The molecule has 0 atom stereocenters. The normalized spacial score (nSPS) is 23.2. The van der Waals surface area contributed by atoms with Gasteiger partial charge in [-0.1, -0.05) is 32.6 Å². The summed E-state index contributed by atoms with van der Waals surface area (Å²) in [4.78, 5) is 11.4. The van der Waals surface area contributed by atoms with Crippen LogP contribution in [-0.2, 0) is 4.79 Å². The molecular weight excluding hydrogens is 152 g/mol. The van der Waals surface area contributed by atoms with Gasteiger partial charge >= 0.3 is 0 Å². The van der Waals surface area contributed by atoms with E-state index < -0.39 is 5.60 Å². The Morgan fingerprint density at radius 2 is 1.75 bits per heavy atom. The van der Waals surface area contributed by atoms with E-state index in [-0.39, 0.29) is 5.78 Å². The largest absolute Gasteiger partial charge is 0.382 e. The van der Waals surface area contributed by atoms with Crippen molar-refractivity contribution in [3.8, 4) is 0 Å². The minimum Gasteiger partial charge on any atom is -0.382 e. The van der Waals surface area contributed by atoms with Gasteiger partial charge in [-0.05, 0) is 12.8 Å². The molecule has 0 heterocycles. The van der Waals surface area contributed by atoms with Crippen LogP contribution in [0, 0.1) is 0 Å². The molecule has 0 bridgehead atoms. The number of carbonyl (C=O) groups excluding carboxylic acids is 1. The van der Waals surface area contributed by atoms with E-state index in [1.807, 2.05) is 6.92 Å². The van der Waals surface area contributed by atoms with Crippen molar-refractivity contribution in [3.63, 3.8) is 0 Å². The Balaban J connectivity index is 2.59. The van der Waals surface area contributed by atoms with Crippen LogP contribution in [0.1, 0.15) is 51.9 Å². The summed E-state index contributed by atoms with van der Waals surface area (Å²) in [5.41, 5.74) is -0.967. The van der Waals surface area contributed by atoms with Gasteiger partial charge in [-0.3, -0.25) is 4.79 Å². The third kappa shape index (κ3) is 2.07. The molecule has 1 rings (SSSR count). The van der Waals surface area contributed by atoms with Crippen molar-refractivity contribution in [1.29, 1.82) is 0 Å². The van der Waals surface area contributed by atoms with Crippen LogP contribution in [0.2, 0.25) is 0 Å². The van der Waals surface area contributed by atoms with Crippen molar-refractivity contribution in [3.05, 3.63) is 0 Å². The molecule has 1 aliphatic rings. The molecule has 1 N–H and O–H groups in total. The van der Waals surface area contributed by atoms with Crippen molar-refractivity contribution >= 4 is 5.78 Å². The fraction of sp³-hybridized carbons (Fsp3) is 0.900. The highest BCUT2D eigenvalue weighted by atomic mass is 16.3. The van der Waals surface area contributed by atoms with Crippen molar-refractivity contribution in [1.82, 2.24) is 0 Å². The summed E-state index contributed by atoms with van der Waals surface area (Å²) in [6, 6.07) is 0. The van der Waals surface area contributed by atoms with Crippen molar-refractivity contribution in [2.24, 2.45) is 0 Å². The number of rotatable bonds is 2. The Morgan fingerprint density at radius 1 is 1.25 bits per heavy atom. The average Bonchev–Trinajstić information content (AvgIpc) is 2.29. The molecule has 1 fully saturated rings. The minimum atomic E-state index is -0.967. The molecule has 0 aromatic rings. The van der Waals surface area contributed by atoms with Crippen molar-refractivity contribution < 1.29 is 9.90 Å². The quantitative estimate of drug-likeness (QED) is 0.644. The van der Waals surface area contributed by atoms with E-state index in [4.69, 9.17) is 0 Å². The zero-order chi connectivity index (χ0) is 9.03. The molecule has 0 amide bonds. The Morgan fingerprint density at radius 3 is 2.17 bits per heavy atom. The molecule has 0 aliphatic heterocycles. The van der Waals surface area contributed by atoms with Gasteiger partial charge in [0.05, 0.1) is 0 Å². The van der Waals surface area contributed by atoms with E-state index in [9.17, 15) is 9.90 Å². The fourth-order valence-corrected chi connectivity index (χ4v) is 1.92. The van der Waals surface area contributed by atoms with E-state index in [0.29, 0.717) is 19.3 Å². The lowest BCUT2D eigenvalue weighted by molar-refractivity contribution is -0.138. The lowest BCUT2D eigenvalue weighted by atomic mass is 9.88. The van der Waals surface area contributed by atoms with E-state index in [0.717, 1.165) is 12.8 Å². The van der Waals surface area contributed by atoms with Gasteiger partial charge in [0.2, 0.25) is 0 Å². The summed E-state index contributed by atoms with van der Waals surface area (Å²) in [5, 5.41) is 9.97. The number of Topliss-reactive ketones (excluding diaryl/α,β-unsaturated/α-hetero) is 1. The maximum atomic E-state index is 11.4. The lowest BCUT2D eigenvalue weighted by Crippen LogP contribution is -2.37. The maximum absolute atomic E-state index is 11.4. The Kier molecular flexibility index (Phi) is 3.27. The van der Waals surface area contributed by atoms with E-state index in [1.165, 1.54) is 12.8 Å². The molecule has 70 valence electrons. The predicted octanol–water partition coefficient (Wildman–Crippen LogP) is 2.05. The first-order chi connectivity index (χ1) is 5.69. The standard InChI is InChI=1S/C10H18O2/c1-2-9(11)10(12)7-5-3-4-6-8-10/h12H,2-8H2,1H3. The Labute approximate surface area is 74.0 Å². The fourth-order valence-electron chi connectivity index (χ4n) is 1.92. The van der Waals surface area contributed by atoms with Crippen LogP contribution in [0.25, 0.3) is 0 Å². The molecule has 0 aromatic heterocycles. The zero-order valence-corrected chi connectivity index (χ0v) is 7.81. The van der Waals surface area contributed by atoms with Crippen LogP contribution in [-0.4, -0.2) is 16.5 Å². The summed E-state index contributed by atoms with van der Waals surface area (Å²) in [6.07, 6.45) is 6.17. The SMILES string of the molecule is CCC(=O)C1(O)CCCCCC1. The second-order valence-electron chi connectivity index (χ2n) is 3.72. The number of hydrogen-bond acceptors (Lipinski definition) is 2.